The average molecular weight is 455 g/mol. The SMILES string of the molecule is O=C(c1cc(Br)c(O)c(Br)c1)N1CC2(CC2)Sc2ccccc21. The van der Waals surface area contributed by atoms with Crippen molar-refractivity contribution in [2.45, 2.75) is 22.5 Å². The van der Waals surface area contributed by atoms with Gasteiger partial charge in [0.2, 0.25) is 0 Å². The predicted molar refractivity (Wildman–Crippen MR) is 99.4 cm³/mol. The summed E-state index contributed by atoms with van der Waals surface area (Å²) in [5.41, 5.74) is 1.53. The van der Waals surface area contributed by atoms with E-state index in [1.807, 2.05) is 34.9 Å². The average Bonchev–Trinajstić information content (AvgIpc) is 3.29. The maximum atomic E-state index is 13.1. The van der Waals surface area contributed by atoms with Crippen molar-refractivity contribution in [2.24, 2.45) is 0 Å². The maximum Gasteiger partial charge on any atom is 0.258 e. The Kier molecular flexibility index (Phi) is 3.74. The molecule has 2 aromatic carbocycles. The minimum atomic E-state index is -0.0366. The lowest BCUT2D eigenvalue weighted by molar-refractivity contribution is 0.0985. The first-order valence-electron chi connectivity index (χ1n) is 7.27. The highest BCUT2D eigenvalue weighted by Gasteiger charge is 2.49. The molecule has 1 saturated carbocycles. The van der Waals surface area contributed by atoms with Crippen LogP contribution in [0.2, 0.25) is 0 Å². The number of nitrogens with zero attached hydrogens (tertiary/aromatic N) is 1. The van der Waals surface area contributed by atoms with Crippen LogP contribution in [0.4, 0.5) is 5.69 Å². The van der Waals surface area contributed by atoms with Gasteiger partial charge in [0, 0.05) is 21.8 Å². The molecule has 0 saturated heterocycles. The number of halogens is 2. The van der Waals surface area contributed by atoms with Crippen LogP contribution in [0, 0.1) is 0 Å². The molecule has 2 aromatic rings. The highest BCUT2D eigenvalue weighted by atomic mass is 79.9. The minimum Gasteiger partial charge on any atom is -0.506 e. The molecule has 2 aliphatic rings. The number of phenolic OH excluding ortho intramolecular Hbond substituents is 1. The first-order chi connectivity index (χ1) is 11.0. The van der Waals surface area contributed by atoms with Gasteiger partial charge in [-0.15, -0.1) is 11.8 Å². The molecule has 1 aliphatic heterocycles. The molecule has 0 bridgehead atoms. The van der Waals surface area contributed by atoms with Crippen molar-refractivity contribution >= 4 is 55.2 Å². The maximum absolute atomic E-state index is 13.1. The van der Waals surface area contributed by atoms with Crippen LogP contribution in [0.1, 0.15) is 23.2 Å². The smallest absolute Gasteiger partial charge is 0.258 e. The molecular formula is C17H13Br2NO2S. The Hall–Kier alpha value is -0.980. The Morgan fingerprint density at radius 1 is 1.17 bits per heavy atom. The van der Waals surface area contributed by atoms with Crippen molar-refractivity contribution in [3.05, 3.63) is 50.9 Å². The van der Waals surface area contributed by atoms with Gasteiger partial charge in [0.25, 0.3) is 5.91 Å². The molecule has 0 aromatic heterocycles. The van der Waals surface area contributed by atoms with Gasteiger partial charge in [0.15, 0.2) is 0 Å². The number of amides is 1. The van der Waals surface area contributed by atoms with Gasteiger partial charge in [-0.3, -0.25) is 4.79 Å². The standard InChI is InChI=1S/C17H13Br2NO2S/c18-11-7-10(8-12(19)15(11)21)16(22)20-9-17(5-6-17)23-14-4-2-1-3-13(14)20/h1-4,7-8,21H,5-6,9H2. The van der Waals surface area contributed by atoms with Crippen molar-refractivity contribution in [1.29, 1.82) is 0 Å². The molecule has 6 heteroatoms. The predicted octanol–water partition coefficient (Wildman–Crippen LogP) is 5.20. The van der Waals surface area contributed by atoms with E-state index >= 15 is 0 Å². The molecule has 0 atom stereocenters. The van der Waals surface area contributed by atoms with E-state index in [0.717, 1.165) is 25.1 Å². The molecule has 1 fully saturated rings. The molecule has 1 N–H and O–H groups in total. The molecule has 1 heterocycles. The largest absolute Gasteiger partial charge is 0.506 e. The molecule has 23 heavy (non-hydrogen) atoms. The number of rotatable bonds is 1. The van der Waals surface area contributed by atoms with Crippen molar-refractivity contribution in [1.82, 2.24) is 0 Å². The zero-order chi connectivity index (χ0) is 16.2. The number of carbonyl (C=O) groups is 1. The first kappa shape index (κ1) is 15.5. The van der Waals surface area contributed by atoms with Crippen LogP contribution < -0.4 is 4.90 Å². The third-order valence-corrected chi connectivity index (χ3v) is 6.99. The summed E-state index contributed by atoms with van der Waals surface area (Å²) in [7, 11) is 0. The number of thioether (sulfide) groups is 1. The van der Waals surface area contributed by atoms with E-state index in [4.69, 9.17) is 0 Å². The van der Waals surface area contributed by atoms with E-state index in [2.05, 4.69) is 37.9 Å². The number of aromatic hydroxyl groups is 1. The molecule has 1 aliphatic carbocycles. The van der Waals surface area contributed by atoms with Crippen LogP contribution in [0.25, 0.3) is 0 Å². The second-order valence-electron chi connectivity index (χ2n) is 5.93. The summed E-state index contributed by atoms with van der Waals surface area (Å²) in [6, 6.07) is 11.4. The molecule has 4 rings (SSSR count). The number of phenols is 1. The van der Waals surface area contributed by atoms with E-state index in [9.17, 15) is 9.90 Å². The van der Waals surface area contributed by atoms with Gasteiger partial charge < -0.3 is 10.0 Å². The normalized spacial score (nSPS) is 17.9. The molecule has 1 amide bonds. The molecule has 1 spiro atoms. The zero-order valence-electron chi connectivity index (χ0n) is 12.1. The number of hydrogen-bond donors (Lipinski definition) is 1. The van der Waals surface area contributed by atoms with E-state index in [1.165, 1.54) is 4.90 Å². The van der Waals surface area contributed by atoms with Crippen molar-refractivity contribution < 1.29 is 9.90 Å². The lowest BCUT2D eigenvalue weighted by Crippen LogP contribution is -2.40. The summed E-state index contributed by atoms with van der Waals surface area (Å²) < 4.78 is 1.21. The molecular weight excluding hydrogens is 442 g/mol. The number of carbonyl (C=O) groups excluding carboxylic acids is 1. The number of hydrogen-bond acceptors (Lipinski definition) is 3. The number of fused-ring (bicyclic) bond motifs is 1. The topological polar surface area (TPSA) is 40.5 Å². The lowest BCUT2D eigenvalue weighted by atomic mass is 10.1. The van der Waals surface area contributed by atoms with Crippen LogP contribution in [0.5, 0.6) is 5.75 Å². The quantitative estimate of drug-likeness (QED) is 0.643. The van der Waals surface area contributed by atoms with Crippen LogP contribution >= 0.6 is 43.6 Å². The van der Waals surface area contributed by atoms with Crippen LogP contribution in [0.3, 0.4) is 0 Å². The number of anilines is 1. The van der Waals surface area contributed by atoms with E-state index in [0.29, 0.717) is 14.5 Å². The lowest BCUT2D eigenvalue weighted by Gasteiger charge is -2.34. The third-order valence-electron chi connectivity index (χ3n) is 4.25. The van der Waals surface area contributed by atoms with Gasteiger partial charge in [-0.25, -0.2) is 0 Å². The first-order valence-corrected chi connectivity index (χ1v) is 9.67. The zero-order valence-corrected chi connectivity index (χ0v) is 16.0. The van der Waals surface area contributed by atoms with Crippen molar-refractivity contribution in [3.63, 3.8) is 0 Å². The summed E-state index contributed by atoms with van der Waals surface area (Å²) in [6.45, 7) is 0.740. The Balaban J connectivity index is 1.76. The van der Waals surface area contributed by atoms with E-state index in [1.54, 1.807) is 12.1 Å². The summed E-state index contributed by atoms with van der Waals surface area (Å²) >= 11 is 8.50. The number of para-hydroxylation sites is 1. The molecule has 3 nitrogen and oxygen atoms in total. The van der Waals surface area contributed by atoms with Crippen LogP contribution in [0.15, 0.2) is 50.2 Å². The summed E-state index contributed by atoms with van der Waals surface area (Å²) in [4.78, 5) is 16.1. The van der Waals surface area contributed by atoms with Gasteiger partial charge in [-0.2, -0.15) is 0 Å². The second-order valence-corrected chi connectivity index (χ2v) is 9.15. The fraction of sp³-hybridized carbons (Fsp3) is 0.235. The van der Waals surface area contributed by atoms with Gasteiger partial charge in [0.05, 0.1) is 14.6 Å². The van der Waals surface area contributed by atoms with E-state index < -0.39 is 0 Å². The molecule has 118 valence electrons. The highest BCUT2D eigenvalue weighted by Crippen LogP contribution is 2.57. The third kappa shape index (κ3) is 2.71. The Morgan fingerprint density at radius 2 is 1.83 bits per heavy atom. The minimum absolute atomic E-state index is 0.0366. The highest BCUT2D eigenvalue weighted by molar-refractivity contribution is 9.11. The number of benzene rings is 2. The fourth-order valence-corrected chi connectivity index (χ4v) is 5.41. The fourth-order valence-electron chi connectivity index (χ4n) is 2.83. The summed E-state index contributed by atoms with van der Waals surface area (Å²) in [5, 5.41) is 9.85. The van der Waals surface area contributed by atoms with Crippen molar-refractivity contribution in [3.8, 4) is 5.75 Å². The summed E-state index contributed by atoms with van der Waals surface area (Å²) in [6.07, 6.45) is 2.30. The Bertz CT molecular complexity index is 797. The molecule has 0 radical (unpaired) electrons. The van der Waals surface area contributed by atoms with Gasteiger partial charge in [0.1, 0.15) is 5.75 Å². The van der Waals surface area contributed by atoms with Gasteiger partial charge >= 0.3 is 0 Å². The van der Waals surface area contributed by atoms with Crippen molar-refractivity contribution in [2.75, 3.05) is 11.4 Å². The molecule has 0 unspecified atom stereocenters. The monoisotopic (exact) mass is 453 g/mol. The second kappa shape index (κ2) is 5.53. The van der Waals surface area contributed by atoms with Gasteiger partial charge in [-0.1, -0.05) is 12.1 Å². The van der Waals surface area contributed by atoms with E-state index in [-0.39, 0.29) is 16.4 Å². The Morgan fingerprint density at radius 3 is 2.48 bits per heavy atom. The Labute approximate surface area is 155 Å². The van der Waals surface area contributed by atoms with Crippen LogP contribution in [-0.4, -0.2) is 22.3 Å². The van der Waals surface area contributed by atoms with Crippen LogP contribution in [-0.2, 0) is 0 Å². The van der Waals surface area contributed by atoms with Gasteiger partial charge in [-0.05, 0) is 69.0 Å². The summed E-state index contributed by atoms with van der Waals surface area (Å²) in [5.74, 6) is 0.0697.